The summed E-state index contributed by atoms with van der Waals surface area (Å²) in [5.41, 5.74) is 0. The fourth-order valence-electron chi connectivity index (χ4n) is 4.05. The highest BCUT2D eigenvalue weighted by molar-refractivity contribution is 7.89. The van der Waals surface area contributed by atoms with Gasteiger partial charge in [-0.3, -0.25) is 9.69 Å². The second-order valence-electron chi connectivity index (χ2n) is 7.60. The van der Waals surface area contributed by atoms with Crippen LogP contribution in [-0.4, -0.2) is 86.5 Å². The first-order chi connectivity index (χ1) is 13.5. The topological polar surface area (TPSA) is 70.2 Å². The van der Waals surface area contributed by atoms with Crippen molar-refractivity contribution in [3.63, 3.8) is 0 Å². The molecule has 0 unspecified atom stereocenters. The zero-order valence-electron chi connectivity index (χ0n) is 15.8. The minimum Gasteiger partial charge on any atom is -0.366 e. The third-order valence-corrected chi connectivity index (χ3v) is 8.34. The van der Waals surface area contributed by atoms with Crippen LogP contribution in [0.4, 0.5) is 0 Å². The van der Waals surface area contributed by atoms with E-state index in [0.29, 0.717) is 19.1 Å². The number of halogens is 1. The predicted molar refractivity (Wildman–Crippen MR) is 106 cm³/mol. The summed E-state index contributed by atoms with van der Waals surface area (Å²) < 4.78 is 32.9. The molecule has 9 heteroatoms. The molecule has 1 saturated carbocycles. The lowest BCUT2D eigenvalue weighted by Gasteiger charge is -2.44. The number of rotatable bonds is 4. The Hall–Kier alpha value is -1.19. The van der Waals surface area contributed by atoms with E-state index in [-0.39, 0.29) is 35.5 Å². The maximum atomic E-state index is 13.0. The molecule has 0 N–H and O–H groups in total. The molecule has 1 aromatic carbocycles. The van der Waals surface area contributed by atoms with E-state index in [1.165, 1.54) is 29.6 Å². The van der Waals surface area contributed by atoms with Crippen molar-refractivity contribution in [3.05, 3.63) is 29.3 Å². The molecule has 3 aliphatic rings. The molecule has 1 atom stereocenters. The molecule has 2 aliphatic heterocycles. The Kier molecular flexibility index (Phi) is 5.94. The summed E-state index contributed by atoms with van der Waals surface area (Å²) in [7, 11) is -3.76. The number of sulfonamides is 1. The van der Waals surface area contributed by atoms with Crippen LogP contribution in [0.3, 0.4) is 0 Å². The number of carbonyl (C=O) groups is 1. The Labute approximate surface area is 171 Å². The normalized spacial score (nSPS) is 25.5. The summed E-state index contributed by atoms with van der Waals surface area (Å²) in [6, 6.07) is 7.06. The predicted octanol–water partition coefficient (Wildman–Crippen LogP) is 1.43. The zero-order valence-corrected chi connectivity index (χ0v) is 17.4. The molecule has 2 saturated heterocycles. The van der Waals surface area contributed by atoms with Crippen molar-refractivity contribution in [2.24, 2.45) is 0 Å². The van der Waals surface area contributed by atoms with Crippen LogP contribution in [0.2, 0.25) is 5.02 Å². The fourth-order valence-corrected chi connectivity index (χ4v) is 5.97. The summed E-state index contributed by atoms with van der Waals surface area (Å²) in [5, 5.41) is 0.184. The van der Waals surface area contributed by atoms with Gasteiger partial charge in [-0.15, -0.1) is 0 Å². The molecule has 154 valence electrons. The highest BCUT2D eigenvalue weighted by Gasteiger charge is 2.38. The Bertz CT molecular complexity index is 822. The van der Waals surface area contributed by atoms with Gasteiger partial charge in [0.2, 0.25) is 10.0 Å². The monoisotopic (exact) mass is 427 g/mol. The van der Waals surface area contributed by atoms with E-state index < -0.39 is 16.1 Å². The van der Waals surface area contributed by atoms with E-state index in [0.717, 1.165) is 13.1 Å². The van der Waals surface area contributed by atoms with Crippen LogP contribution in [0.25, 0.3) is 0 Å². The van der Waals surface area contributed by atoms with Gasteiger partial charge in [0.1, 0.15) is 11.0 Å². The van der Waals surface area contributed by atoms with E-state index in [4.69, 9.17) is 16.3 Å². The number of hydrogen-bond donors (Lipinski definition) is 0. The summed E-state index contributed by atoms with van der Waals surface area (Å²) in [4.78, 5) is 17.3. The van der Waals surface area contributed by atoms with Gasteiger partial charge in [0, 0.05) is 45.3 Å². The first kappa shape index (κ1) is 20.1. The number of carbonyl (C=O) groups excluding carboxylic acids is 1. The van der Waals surface area contributed by atoms with Gasteiger partial charge < -0.3 is 9.64 Å². The van der Waals surface area contributed by atoms with Gasteiger partial charge in [-0.25, -0.2) is 8.42 Å². The summed E-state index contributed by atoms with van der Waals surface area (Å²) >= 11 is 6.09. The number of morpholine rings is 1. The van der Waals surface area contributed by atoms with Gasteiger partial charge in [-0.2, -0.15) is 4.31 Å². The molecular formula is C19H26ClN3O4S. The highest BCUT2D eigenvalue weighted by Crippen LogP contribution is 2.27. The van der Waals surface area contributed by atoms with Crippen molar-refractivity contribution in [1.29, 1.82) is 0 Å². The molecule has 3 fully saturated rings. The second kappa shape index (κ2) is 8.28. The van der Waals surface area contributed by atoms with E-state index >= 15 is 0 Å². The van der Waals surface area contributed by atoms with Crippen molar-refractivity contribution in [2.45, 2.75) is 36.3 Å². The van der Waals surface area contributed by atoms with Crippen molar-refractivity contribution in [1.82, 2.24) is 14.1 Å². The second-order valence-corrected chi connectivity index (χ2v) is 9.91. The zero-order chi connectivity index (χ0) is 19.7. The van der Waals surface area contributed by atoms with Crippen molar-refractivity contribution in [3.8, 4) is 0 Å². The first-order valence-electron chi connectivity index (χ1n) is 9.86. The van der Waals surface area contributed by atoms with Gasteiger partial charge in [0.25, 0.3) is 5.91 Å². The number of ether oxygens (including phenoxy) is 1. The average Bonchev–Trinajstić information content (AvgIpc) is 2.67. The number of amides is 1. The van der Waals surface area contributed by atoms with E-state index in [1.807, 2.05) is 4.90 Å². The molecular weight excluding hydrogens is 402 g/mol. The molecule has 1 aliphatic carbocycles. The molecule has 1 amide bonds. The largest absolute Gasteiger partial charge is 0.366 e. The fraction of sp³-hybridized carbons (Fsp3) is 0.632. The lowest BCUT2D eigenvalue weighted by atomic mass is 9.91. The smallest absolute Gasteiger partial charge is 0.253 e. The molecule has 4 rings (SSSR count). The Balaban J connectivity index is 1.39. The van der Waals surface area contributed by atoms with Crippen LogP contribution in [0.1, 0.15) is 19.3 Å². The minimum atomic E-state index is -3.76. The number of piperazine rings is 1. The van der Waals surface area contributed by atoms with E-state index in [1.54, 1.807) is 18.2 Å². The van der Waals surface area contributed by atoms with Crippen molar-refractivity contribution in [2.75, 3.05) is 45.9 Å². The van der Waals surface area contributed by atoms with Crippen LogP contribution < -0.4 is 0 Å². The van der Waals surface area contributed by atoms with Crippen molar-refractivity contribution < 1.29 is 17.9 Å². The van der Waals surface area contributed by atoms with Crippen molar-refractivity contribution >= 4 is 27.5 Å². The molecule has 28 heavy (non-hydrogen) atoms. The average molecular weight is 428 g/mol. The highest BCUT2D eigenvalue weighted by atomic mass is 35.5. The van der Waals surface area contributed by atoms with Crippen LogP contribution in [0.5, 0.6) is 0 Å². The van der Waals surface area contributed by atoms with Crippen LogP contribution in [0, 0.1) is 0 Å². The third kappa shape index (κ3) is 3.93. The quantitative estimate of drug-likeness (QED) is 0.727. The van der Waals surface area contributed by atoms with Gasteiger partial charge in [-0.1, -0.05) is 30.2 Å². The van der Waals surface area contributed by atoms with Gasteiger partial charge in [0.15, 0.2) is 0 Å². The Morgan fingerprint density at radius 2 is 1.79 bits per heavy atom. The molecule has 1 aromatic rings. The molecule has 0 aromatic heterocycles. The Morgan fingerprint density at radius 1 is 1.07 bits per heavy atom. The minimum absolute atomic E-state index is 0.0230. The SMILES string of the molecule is O=C([C@@H]1CN(S(=O)(=O)c2ccccc2Cl)CCO1)N1CCN(C2CCC2)CC1. The molecule has 0 spiro atoms. The van der Waals surface area contributed by atoms with Crippen LogP contribution in [0.15, 0.2) is 29.2 Å². The third-order valence-electron chi connectivity index (χ3n) is 5.98. The molecule has 0 bridgehead atoms. The maximum Gasteiger partial charge on any atom is 0.253 e. The lowest BCUT2D eigenvalue weighted by Crippen LogP contribution is -2.58. The first-order valence-corrected chi connectivity index (χ1v) is 11.7. The molecule has 2 heterocycles. The Morgan fingerprint density at radius 3 is 2.43 bits per heavy atom. The van der Waals surface area contributed by atoms with Gasteiger partial charge in [-0.05, 0) is 25.0 Å². The van der Waals surface area contributed by atoms with Gasteiger partial charge >= 0.3 is 0 Å². The maximum absolute atomic E-state index is 13.0. The number of nitrogens with zero attached hydrogens (tertiary/aromatic N) is 3. The molecule has 0 radical (unpaired) electrons. The summed E-state index contributed by atoms with van der Waals surface area (Å²) in [6.45, 7) is 3.54. The molecule has 7 nitrogen and oxygen atoms in total. The summed E-state index contributed by atoms with van der Waals surface area (Å²) in [6.07, 6.45) is 3.06. The van der Waals surface area contributed by atoms with Crippen LogP contribution >= 0.6 is 11.6 Å². The number of hydrogen-bond acceptors (Lipinski definition) is 5. The van der Waals surface area contributed by atoms with E-state index in [9.17, 15) is 13.2 Å². The van der Waals surface area contributed by atoms with Crippen LogP contribution in [-0.2, 0) is 19.6 Å². The lowest BCUT2D eigenvalue weighted by molar-refractivity contribution is -0.149. The summed E-state index contributed by atoms with van der Waals surface area (Å²) in [5.74, 6) is -0.118. The standard InChI is InChI=1S/C19H26ClN3O4S/c20-16-6-1-2-7-18(16)28(25,26)23-12-13-27-17(14-23)19(24)22-10-8-21(9-11-22)15-4-3-5-15/h1-2,6-7,15,17H,3-5,8-14H2/t17-/m0/s1. The number of benzene rings is 1. The van der Waals surface area contributed by atoms with E-state index in [2.05, 4.69) is 4.90 Å². The van der Waals surface area contributed by atoms with Gasteiger partial charge in [0.05, 0.1) is 11.6 Å².